The third kappa shape index (κ3) is 4.84. The first-order valence-electron chi connectivity index (χ1n) is 7.16. The van der Waals surface area contributed by atoms with Crippen LogP contribution in [0, 0.1) is 11.3 Å². The predicted molar refractivity (Wildman–Crippen MR) is 76.5 cm³/mol. The van der Waals surface area contributed by atoms with Gasteiger partial charge in [-0.1, -0.05) is 33.6 Å². The molecule has 0 amide bonds. The molecule has 2 atom stereocenters. The molecule has 0 aliphatic heterocycles. The van der Waals surface area contributed by atoms with Gasteiger partial charge in [0, 0.05) is 12.0 Å². The van der Waals surface area contributed by atoms with E-state index >= 15 is 0 Å². The first kappa shape index (κ1) is 15.3. The van der Waals surface area contributed by atoms with E-state index < -0.39 is 0 Å². The van der Waals surface area contributed by atoms with Gasteiger partial charge in [0.05, 0.1) is 12.6 Å². The Bertz CT molecular complexity index is 278. The topological polar surface area (TPSA) is 70.6 Å². The lowest BCUT2D eigenvalue weighted by Crippen LogP contribution is -2.40. The van der Waals surface area contributed by atoms with Crippen LogP contribution in [0.25, 0.3) is 0 Å². The highest BCUT2D eigenvalue weighted by Gasteiger charge is 2.35. The molecule has 1 aliphatic rings. The molecule has 1 rings (SSSR count). The number of nitrogens with two attached hydrogens (primary N) is 1. The maximum Gasteiger partial charge on any atom is 0.188 e. The van der Waals surface area contributed by atoms with Crippen molar-refractivity contribution >= 4 is 5.96 Å². The summed E-state index contributed by atoms with van der Waals surface area (Å²) in [4.78, 5) is 4.39. The van der Waals surface area contributed by atoms with Gasteiger partial charge < -0.3 is 16.2 Å². The van der Waals surface area contributed by atoms with Crippen molar-refractivity contribution in [1.29, 1.82) is 0 Å². The Morgan fingerprint density at radius 2 is 2.22 bits per heavy atom. The molecule has 0 radical (unpaired) electrons. The van der Waals surface area contributed by atoms with Gasteiger partial charge in [-0.2, -0.15) is 0 Å². The van der Waals surface area contributed by atoms with E-state index in [2.05, 4.69) is 31.1 Å². The lowest BCUT2D eigenvalue weighted by atomic mass is 9.73. The average molecular weight is 255 g/mol. The number of aliphatic hydroxyl groups excluding tert-OH is 1. The van der Waals surface area contributed by atoms with Crippen molar-refractivity contribution in [3.8, 4) is 0 Å². The van der Waals surface area contributed by atoms with Crippen molar-refractivity contribution in [2.75, 3.05) is 13.1 Å². The Hall–Kier alpha value is -0.770. The molecule has 1 saturated carbocycles. The van der Waals surface area contributed by atoms with E-state index in [1.165, 1.54) is 6.42 Å². The van der Waals surface area contributed by atoms with Crippen LogP contribution >= 0.6 is 0 Å². The molecule has 0 bridgehead atoms. The molecule has 2 unspecified atom stereocenters. The monoisotopic (exact) mass is 255 g/mol. The van der Waals surface area contributed by atoms with Gasteiger partial charge in [-0.25, -0.2) is 0 Å². The molecular weight excluding hydrogens is 226 g/mol. The minimum atomic E-state index is -0.238. The molecule has 0 aromatic carbocycles. The van der Waals surface area contributed by atoms with E-state index in [4.69, 9.17) is 5.73 Å². The highest BCUT2D eigenvalue weighted by Crippen LogP contribution is 2.36. The molecule has 0 aromatic heterocycles. The van der Waals surface area contributed by atoms with Crippen LogP contribution < -0.4 is 11.1 Å². The van der Waals surface area contributed by atoms with Crippen molar-refractivity contribution in [3.05, 3.63) is 0 Å². The lowest BCUT2D eigenvalue weighted by Gasteiger charge is -2.37. The van der Waals surface area contributed by atoms with Crippen LogP contribution in [0.5, 0.6) is 0 Å². The zero-order valence-electron chi connectivity index (χ0n) is 12.1. The van der Waals surface area contributed by atoms with Crippen LogP contribution in [0.1, 0.15) is 52.9 Å². The van der Waals surface area contributed by atoms with Gasteiger partial charge in [0.25, 0.3) is 0 Å². The number of rotatable bonds is 5. The summed E-state index contributed by atoms with van der Waals surface area (Å²) >= 11 is 0. The first-order chi connectivity index (χ1) is 8.44. The highest BCUT2D eigenvalue weighted by molar-refractivity contribution is 5.77. The van der Waals surface area contributed by atoms with Gasteiger partial charge in [0.1, 0.15) is 0 Å². The summed E-state index contributed by atoms with van der Waals surface area (Å²) in [7, 11) is 0. The Labute approximate surface area is 111 Å². The normalized spacial score (nSPS) is 29.6. The average Bonchev–Trinajstić information content (AvgIpc) is 2.30. The molecule has 1 fully saturated rings. The second kappa shape index (κ2) is 6.98. The summed E-state index contributed by atoms with van der Waals surface area (Å²) in [6, 6.07) is 0. The SMILES string of the molecule is CC(C)CCNC(N)=NCC1(C)CCCCC1O. The van der Waals surface area contributed by atoms with Crippen LogP contribution in [0.4, 0.5) is 0 Å². The van der Waals surface area contributed by atoms with Gasteiger partial charge in [-0.3, -0.25) is 4.99 Å². The zero-order valence-corrected chi connectivity index (χ0v) is 12.1. The van der Waals surface area contributed by atoms with E-state index in [-0.39, 0.29) is 11.5 Å². The van der Waals surface area contributed by atoms with Gasteiger partial charge in [-0.05, 0) is 25.2 Å². The number of hydrogen-bond acceptors (Lipinski definition) is 2. The summed E-state index contributed by atoms with van der Waals surface area (Å²) in [5.41, 5.74) is 5.74. The fraction of sp³-hybridized carbons (Fsp3) is 0.929. The lowest BCUT2D eigenvalue weighted by molar-refractivity contribution is 0.00719. The Balaban J connectivity index is 2.36. The molecule has 4 nitrogen and oxygen atoms in total. The quantitative estimate of drug-likeness (QED) is 0.519. The van der Waals surface area contributed by atoms with Crippen LogP contribution in [-0.4, -0.2) is 30.3 Å². The molecule has 18 heavy (non-hydrogen) atoms. The van der Waals surface area contributed by atoms with Crippen LogP contribution in [-0.2, 0) is 0 Å². The summed E-state index contributed by atoms with van der Waals surface area (Å²) in [5, 5.41) is 13.2. The Morgan fingerprint density at radius 3 is 2.83 bits per heavy atom. The third-order valence-corrected chi connectivity index (χ3v) is 3.92. The molecule has 0 saturated heterocycles. The maximum atomic E-state index is 10.1. The second-order valence-electron chi connectivity index (χ2n) is 6.23. The first-order valence-corrected chi connectivity index (χ1v) is 7.16. The van der Waals surface area contributed by atoms with Crippen molar-refractivity contribution in [2.45, 2.75) is 59.0 Å². The van der Waals surface area contributed by atoms with Crippen LogP contribution in [0.15, 0.2) is 4.99 Å². The van der Waals surface area contributed by atoms with Gasteiger partial charge in [-0.15, -0.1) is 0 Å². The van der Waals surface area contributed by atoms with Gasteiger partial charge in [0.2, 0.25) is 0 Å². The zero-order chi connectivity index (χ0) is 13.6. The molecule has 0 spiro atoms. The minimum absolute atomic E-state index is 0.0946. The van der Waals surface area contributed by atoms with E-state index in [1.807, 2.05) is 0 Å². The van der Waals surface area contributed by atoms with Gasteiger partial charge in [0.15, 0.2) is 5.96 Å². The highest BCUT2D eigenvalue weighted by atomic mass is 16.3. The summed E-state index contributed by atoms with van der Waals surface area (Å²) < 4.78 is 0. The smallest absolute Gasteiger partial charge is 0.188 e. The molecule has 0 aromatic rings. The number of aliphatic imine (C=N–C) groups is 1. The fourth-order valence-electron chi connectivity index (χ4n) is 2.38. The molecular formula is C14H29N3O. The molecule has 1 aliphatic carbocycles. The number of nitrogens with one attached hydrogen (secondary N) is 1. The van der Waals surface area contributed by atoms with Crippen molar-refractivity contribution in [2.24, 2.45) is 22.1 Å². The van der Waals surface area contributed by atoms with Crippen LogP contribution in [0.3, 0.4) is 0 Å². The van der Waals surface area contributed by atoms with Crippen molar-refractivity contribution in [1.82, 2.24) is 5.32 Å². The number of hydrogen-bond donors (Lipinski definition) is 3. The van der Waals surface area contributed by atoms with E-state index in [9.17, 15) is 5.11 Å². The standard InChI is InChI=1S/C14H29N3O/c1-11(2)7-9-16-13(15)17-10-14(3)8-5-4-6-12(14)18/h11-12,18H,4-10H2,1-3H3,(H3,15,16,17). The minimum Gasteiger partial charge on any atom is -0.392 e. The number of aliphatic hydroxyl groups is 1. The fourth-order valence-corrected chi connectivity index (χ4v) is 2.38. The molecule has 0 heterocycles. The van der Waals surface area contributed by atoms with Gasteiger partial charge >= 0.3 is 0 Å². The molecule has 4 N–H and O–H groups in total. The summed E-state index contributed by atoms with van der Waals surface area (Å²) in [6.07, 6.45) is 5.10. The number of nitrogens with zero attached hydrogens (tertiary/aromatic N) is 1. The Morgan fingerprint density at radius 1 is 1.50 bits per heavy atom. The maximum absolute atomic E-state index is 10.1. The largest absolute Gasteiger partial charge is 0.392 e. The summed E-state index contributed by atoms with van der Waals surface area (Å²) in [6.45, 7) is 7.98. The summed E-state index contributed by atoms with van der Waals surface area (Å²) in [5.74, 6) is 1.18. The molecule has 4 heteroatoms. The second-order valence-corrected chi connectivity index (χ2v) is 6.23. The van der Waals surface area contributed by atoms with E-state index in [0.29, 0.717) is 18.4 Å². The van der Waals surface area contributed by atoms with E-state index in [1.54, 1.807) is 0 Å². The van der Waals surface area contributed by atoms with Crippen molar-refractivity contribution < 1.29 is 5.11 Å². The predicted octanol–water partition coefficient (Wildman–Crippen LogP) is 1.88. The molecule has 106 valence electrons. The third-order valence-electron chi connectivity index (χ3n) is 3.92. The van der Waals surface area contributed by atoms with E-state index in [0.717, 1.165) is 32.2 Å². The van der Waals surface area contributed by atoms with Crippen molar-refractivity contribution in [3.63, 3.8) is 0 Å². The Kier molecular flexibility index (Phi) is 5.93. The van der Waals surface area contributed by atoms with Crippen LogP contribution in [0.2, 0.25) is 0 Å². The number of guanidine groups is 1.